The van der Waals surface area contributed by atoms with Crippen molar-refractivity contribution >= 4 is 6.09 Å². The standard InChI is InChI=1S/C44H86N2O4/c1-4-7-9-11-13-15-17-19-21-23-25-27-29-31-33-35-39-48-41-43(42-50-44(47)46-38-37-45-6-3)49-40-36-34-32-30-28-26-24-22-20-18-16-14-12-10-8-5-2/h19-22,43,45H,4-18,23-42H2,1-3H3,(H,46,47). The normalized spacial score (nSPS) is 12.4. The maximum Gasteiger partial charge on any atom is 0.407 e. The van der Waals surface area contributed by atoms with Gasteiger partial charge in [-0.15, -0.1) is 0 Å². The Kier molecular flexibility index (Phi) is 42.6. The fourth-order valence-corrected chi connectivity index (χ4v) is 6.06. The molecule has 1 amide bonds. The number of alkyl carbamates (subject to hydrolysis) is 1. The lowest BCUT2D eigenvalue weighted by Crippen LogP contribution is -2.35. The second-order valence-electron chi connectivity index (χ2n) is 14.3. The minimum Gasteiger partial charge on any atom is -0.447 e. The molecule has 0 aliphatic carbocycles. The van der Waals surface area contributed by atoms with Crippen molar-refractivity contribution in [3.63, 3.8) is 0 Å². The first-order valence-electron chi connectivity index (χ1n) is 21.8. The molecule has 0 bridgehead atoms. The average Bonchev–Trinajstić information content (AvgIpc) is 3.12. The van der Waals surface area contributed by atoms with Crippen LogP contribution >= 0.6 is 0 Å². The van der Waals surface area contributed by atoms with Crippen LogP contribution in [0.25, 0.3) is 0 Å². The number of allylic oxidation sites excluding steroid dienone is 4. The largest absolute Gasteiger partial charge is 0.447 e. The van der Waals surface area contributed by atoms with Gasteiger partial charge >= 0.3 is 6.09 Å². The van der Waals surface area contributed by atoms with E-state index in [1.165, 1.54) is 167 Å². The van der Waals surface area contributed by atoms with Crippen molar-refractivity contribution in [3.8, 4) is 0 Å². The van der Waals surface area contributed by atoms with Gasteiger partial charge in [0.05, 0.1) is 6.61 Å². The zero-order chi connectivity index (χ0) is 36.3. The van der Waals surface area contributed by atoms with E-state index in [0.29, 0.717) is 19.8 Å². The Bertz CT molecular complexity index is 714. The summed E-state index contributed by atoms with van der Waals surface area (Å²) < 4.78 is 17.6. The molecule has 296 valence electrons. The number of unbranched alkanes of at least 4 members (excludes halogenated alkanes) is 24. The van der Waals surface area contributed by atoms with Crippen LogP contribution in [0.5, 0.6) is 0 Å². The van der Waals surface area contributed by atoms with Crippen molar-refractivity contribution in [3.05, 3.63) is 24.3 Å². The lowest BCUT2D eigenvalue weighted by atomic mass is 10.1. The molecule has 6 nitrogen and oxygen atoms in total. The van der Waals surface area contributed by atoms with E-state index in [9.17, 15) is 4.79 Å². The van der Waals surface area contributed by atoms with Gasteiger partial charge in [-0.3, -0.25) is 0 Å². The van der Waals surface area contributed by atoms with Gasteiger partial charge in [0.1, 0.15) is 12.7 Å². The van der Waals surface area contributed by atoms with Gasteiger partial charge in [-0.05, 0) is 70.8 Å². The number of carbonyl (C=O) groups excluding carboxylic acids is 1. The smallest absolute Gasteiger partial charge is 0.407 e. The molecule has 2 N–H and O–H groups in total. The zero-order valence-electron chi connectivity index (χ0n) is 33.8. The molecule has 0 aromatic rings. The number of carbonyl (C=O) groups is 1. The lowest BCUT2D eigenvalue weighted by Gasteiger charge is -2.18. The summed E-state index contributed by atoms with van der Waals surface area (Å²) in [5.74, 6) is 0. The molecule has 50 heavy (non-hydrogen) atoms. The molecular formula is C44H86N2O4. The summed E-state index contributed by atoms with van der Waals surface area (Å²) in [4.78, 5) is 12.1. The summed E-state index contributed by atoms with van der Waals surface area (Å²) in [6.45, 7) is 10.9. The highest BCUT2D eigenvalue weighted by Gasteiger charge is 2.13. The number of ether oxygens (including phenoxy) is 3. The summed E-state index contributed by atoms with van der Waals surface area (Å²) >= 11 is 0. The number of nitrogens with one attached hydrogen (secondary N) is 2. The van der Waals surface area contributed by atoms with Gasteiger partial charge in [0.25, 0.3) is 0 Å². The van der Waals surface area contributed by atoms with E-state index >= 15 is 0 Å². The van der Waals surface area contributed by atoms with E-state index in [-0.39, 0.29) is 18.8 Å². The van der Waals surface area contributed by atoms with Crippen LogP contribution in [0.1, 0.15) is 201 Å². The second kappa shape index (κ2) is 43.8. The predicted molar refractivity (Wildman–Crippen MR) is 217 cm³/mol. The maximum atomic E-state index is 12.1. The van der Waals surface area contributed by atoms with Crippen LogP contribution in [0.3, 0.4) is 0 Å². The summed E-state index contributed by atoms with van der Waals surface area (Å²) in [5.41, 5.74) is 0. The van der Waals surface area contributed by atoms with Crippen molar-refractivity contribution in [2.45, 2.75) is 207 Å². The number of amides is 1. The maximum absolute atomic E-state index is 12.1. The average molecular weight is 707 g/mol. The molecule has 0 aromatic carbocycles. The van der Waals surface area contributed by atoms with Crippen molar-refractivity contribution in [2.75, 3.05) is 46.1 Å². The van der Waals surface area contributed by atoms with Crippen LogP contribution < -0.4 is 10.6 Å². The molecule has 6 heteroatoms. The van der Waals surface area contributed by atoms with Crippen molar-refractivity contribution in [2.24, 2.45) is 0 Å². The quantitative estimate of drug-likeness (QED) is 0.0489. The molecule has 0 spiro atoms. The van der Waals surface area contributed by atoms with Crippen molar-refractivity contribution in [1.82, 2.24) is 10.6 Å². The molecule has 0 aromatic heterocycles. The van der Waals surface area contributed by atoms with Crippen LogP contribution in [0, 0.1) is 0 Å². The van der Waals surface area contributed by atoms with Gasteiger partial charge in [0.2, 0.25) is 0 Å². The van der Waals surface area contributed by atoms with Crippen LogP contribution in [-0.2, 0) is 14.2 Å². The SMILES string of the molecule is CCCCCCCCC=CCCCCCCCCOCC(COC(=O)NCCNCC)OCCCCCCCCC=CCCCCCCCC. The first kappa shape index (κ1) is 48.6. The highest BCUT2D eigenvalue weighted by Crippen LogP contribution is 2.12. The van der Waals surface area contributed by atoms with Gasteiger partial charge in [-0.2, -0.15) is 0 Å². The topological polar surface area (TPSA) is 68.8 Å². The minimum atomic E-state index is -0.387. The van der Waals surface area contributed by atoms with Crippen LogP contribution in [-0.4, -0.2) is 58.3 Å². The fourth-order valence-electron chi connectivity index (χ4n) is 6.06. The highest BCUT2D eigenvalue weighted by molar-refractivity contribution is 5.67. The van der Waals surface area contributed by atoms with Gasteiger partial charge in [0.15, 0.2) is 0 Å². The van der Waals surface area contributed by atoms with Crippen molar-refractivity contribution < 1.29 is 19.0 Å². The van der Waals surface area contributed by atoms with Crippen molar-refractivity contribution in [1.29, 1.82) is 0 Å². The summed E-state index contributed by atoms with van der Waals surface area (Å²) in [7, 11) is 0. The van der Waals surface area contributed by atoms with Crippen LogP contribution in [0.15, 0.2) is 24.3 Å². The molecule has 0 heterocycles. The number of hydrogen-bond donors (Lipinski definition) is 2. The van der Waals surface area contributed by atoms with Gasteiger partial charge in [-0.1, -0.05) is 161 Å². The zero-order valence-corrected chi connectivity index (χ0v) is 33.8. The molecule has 0 radical (unpaired) electrons. The number of hydrogen-bond acceptors (Lipinski definition) is 5. The first-order chi connectivity index (χ1) is 24.7. The highest BCUT2D eigenvalue weighted by atomic mass is 16.6. The predicted octanol–water partition coefficient (Wildman–Crippen LogP) is 12.8. The minimum absolute atomic E-state index is 0.216. The molecule has 0 fully saturated rings. The summed E-state index contributed by atoms with van der Waals surface area (Å²) in [5, 5.41) is 6.00. The van der Waals surface area contributed by atoms with Crippen LogP contribution in [0.2, 0.25) is 0 Å². The van der Waals surface area contributed by atoms with E-state index in [4.69, 9.17) is 14.2 Å². The first-order valence-corrected chi connectivity index (χ1v) is 21.8. The Hall–Kier alpha value is -1.37. The van der Waals surface area contributed by atoms with Gasteiger partial charge < -0.3 is 24.8 Å². The summed E-state index contributed by atoms with van der Waals surface area (Å²) in [6, 6.07) is 0. The molecule has 0 aliphatic heterocycles. The van der Waals surface area contributed by atoms with E-state index < -0.39 is 0 Å². The van der Waals surface area contributed by atoms with E-state index in [1.807, 2.05) is 0 Å². The molecule has 0 saturated heterocycles. The Morgan fingerprint density at radius 2 is 0.920 bits per heavy atom. The molecular weight excluding hydrogens is 620 g/mol. The molecule has 0 rings (SSSR count). The van der Waals surface area contributed by atoms with E-state index in [0.717, 1.165) is 32.5 Å². The Labute approximate surface area is 312 Å². The Morgan fingerprint density at radius 3 is 1.38 bits per heavy atom. The molecule has 0 saturated carbocycles. The molecule has 1 atom stereocenters. The van der Waals surface area contributed by atoms with Crippen LogP contribution in [0.4, 0.5) is 4.79 Å². The third kappa shape index (κ3) is 41.1. The van der Waals surface area contributed by atoms with Gasteiger partial charge in [0, 0.05) is 26.3 Å². The van der Waals surface area contributed by atoms with E-state index in [1.54, 1.807) is 0 Å². The number of likely N-dealkylation sites (N-methyl/N-ethyl adjacent to an activating group) is 1. The molecule has 1 unspecified atom stereocenters. The summed E-state index contributed by atoms with van der Waals surface area (Å²) in [6.07, 6.45) is 45.4. The number of rotatable bonds is 41. The van der Waals surface area contributed by atoms with E-state index in [2.05, 4.69) is 55.7 Å². The lowest BCUT2D eigenvalue weighted by molar-refractivity contribution is -0.0468. The third-order valence-electron chi connectivity index (χ3n) is 9.34. The fraction of sp³-hybridized carbons (Fsp3) is 0.886. The monoisotopic (exact) mass is 707 g/mol. The Balaban J connectivity index is 3.93. The third-order valence-corrected chi connectivity index (χ3v) is 9.34. The van der Waals surface area contributed by atoms with Gasteiger partial charge in [-0.25, -0.2) is 4.79 Å². The Morgan fingerprint density at radius 1 is 0.500 bits per heavy atom. The second-order valence-corrected chi connectivity index (χ2v) is 14.3. The molecule has 0 aliphatic rings.